The molecule has 28 heavy (non-hydrogen) atoms. The van der Waals surface area contributed by atoms with Gasteiger partial charge in [-0.1, -0.05) is 11.3 Å². The molecule has 2 aromatic rings. The highest BCUT2D eigenvalue weighted by molar-refractivity contribution is 7.80. The normalized spacial score (nSPS) is 10.3. The first-order valence-electron chi connectivity index (χ1n) is 6.83. The lowest BCUT2D eigenvalue weighted by atomic mass is 10.4. The minimum atomic E-state index is -0.463. The number of hydrogen-bond acceptors (Lipinski definition) is 10. The fourth-order valence-electron chi connectivity index (χ4n) is 1.33. The van der Waals surface area contributed by atoms with Crippen LogP contribution in [0.15, 0.2) is 33.8 Å². The molecule has 0 aliphatic rings. The van der Waals surface area contributed by atoms with E-state index in [1.54, 1.807) is 6.07 Å². The molecule has 0 atom stereocenters. The van der Waals surface area contributed by atoms with E-state index in [1.807, 2.05) is 0 Å². The van der Waals surface area contributed by atoms with Crippen LogP contribution in [0.3, 0.4) is 0 Å². The van der Waals surface area contributed by atoms with Gasteiger partial charge >= 0.3 is 5.00 Å². The first-order valence-corrected chi connectivity index (χ1v) is 9.34. The van der Waals surface area contributed by atoms with Crippen LogP contribution in [0.2, 0.25) is 0 Å². The summed E-state index contributed by atoms with van der Waals surface area (Å²) in [6.45, 7) is 0. The molecule has 2 heterocycles. The quantitative estimate of drug-likeness (QED) is 0.213. The molecular weight excluding hydrogens is 448 g/mol. The molecule has 2 rings (SSSR count). The van der Waals surface area contributed by atoms with E-state index in [1.165, 1.54) is 41.3 Å². The Balaban J connectivity index is 0.000000280. The van der Waals surface area contributed by atoms with Gasteiger partial charge in [-0.2, -0.15) is 10.2 Å². The minimum Gasteiger partial charge on any atom is -0.375 e. The number of nitrogens with one attached hydrogen (secondary N) is 2. The number of nitrogens with two attached hydrogens (primary N) is 2. The van der Waals surface area contributed by atoms with E-state index in [9.17, 15) is 20.2 Å². The van der Waals surface area contributed by atoms with Gasteiger partial charge in [-0.3, -0.25) is 31.1 Å². The summed E-state index contributed by atoms with van der Waals surface area (Å²) in [6, 6.07) is 4.41. The fourth-order valence-corrected chi connectivity index (χ4v) is 2.85. The van der Waals surface area contributed by atoms with Gasteiger partial charge in [-0.15, -0.1) is 11.3 Å². The lowest BCUT2D eigenvalue weighted by Gasteiger charge is -1.91. The van der Waals surface area contributed by atoms with E-state index in [4.69, 9.17) is 11.5 Å². The average molecular weight is 461 g/mol. The van der Waals surface area contributed by atoms with E-state index < -0.39 is 9.85 Å². The molecule has 2 aromatic heterocycles. The summed E-state index contributed by atoms with van der Waals surface area (Å²) in [4.78, 5) is 21.0. The molecule has 0 aliphatic heterocycles. The Labute approximate surface area is 176 Å². The number of rotatable bonds is 6. The van der Waals surface area contributed by atoms with Gasteiger partial charge in [0, 0.05) is 12.1 Å². The van der Waals surface area contributed by atoms with Crippen molar-refractivity contribution in [2.45, 2.75) is 0 Å². The SMILES string of the molecule is NC(=S)N/N=C/c1cc([N+](=O)[O-])cs1.NC(=S)N/N=C/c1ccc([N+](=O)[O-])s1. The van der Waals surface area contributed by atoms with Crippen LogP contribution in [0.5, 0.6) is 0 Å². The molecule has 0 saturated heterocycles. The maximum atomic E-state index is 10.3. The minimum absolute atomic E-state index is 0.0479. The highest BCUT2D eigenvalue weighted by atomic mass is 32.1. The second kappa shape index (κ2) is 11.6. The van der Waals surface area contributed by atoms with E-state index in [0.717, 1.165) is 11.3 Å². The molecule has 0 amide bonds. The van der Waals surface area contributed by atoms with Crippen molar-refractivity contribution < 1.29 is 9.85 Å². The Morgan fingerprint density at radius 2 is 1.61 bits per heavy atom. The summed E-state index contributed by atoms with van der Waals surface area (Å²) in [5.41, 5.74) is 15.0. The second-order valence-corrected chi connectivity index (χ2v) is 7.28. The van der Waals surface area contributed by atoms with Gasteiger partial charge in [0.05, 0.1) is 37.4 Å². The maximum absolute atomic E-state index is 10.3. The lowest BCUT2D eigenvalue weighted by Crippen LogP contribution is -2.23. The summed E-state index contributed by atoms with van der Waals surface area (Å²) in [6.07, 6.45) is 2.83. The van der Waals surface area contributed by atoms with Gasteiger partial charge in [0.25, 0.3) is 5.69 Å². The van der Waals surface area contributed by atoms with Crippen LogP contribution in [0.4, 0.5) is 10.7 Å². The highest BCUT2D eigenvalue weighted by Crippen LogP contribution is 2.22. The molecule has 16 heteroatoms. The van der Waals surface area contributed by atoms with E-state index in [2.05, 4.69) is 45.5 Å². The monoisotopic (exact) mass is 460 g/mol. The van der Waals surface area contributed by atoms with Crippen LogP contribution in [-0.2, 0) is 0 Å². The molecule has 0 radical (unpaired) electrons. The smallest absolute Gasteiger partial charge is 0.324 e. The van der Waals surface area contributed by atoms with Crippen molar-refractivity contribution in [1.29, 1.82) is 0 Å². The van der Waals surface area contributed by atoms with Crippen LogP contribution in [-0.4, -0.2) is 32.5 Å². The van der Waals surface area contributed by atoms with Gasteiger partial charge in [-0.05, 0) is 30.5 Å². The van der Waals surface area contributed by atoms with Crippen molar-refractivity contribution in [3.05, 3.63) is 53.6 Å². The molecule has 0 spiro atoms. The van der Waals surface area contributed by atoms with E-state index in [-0.39, 0.29) is 20.9 Å². The number of hydrogen-bond donors (Lipinski definition) is 4. The van der Waals surface area contributed by atoms with Crippen LogP contribution >= 0.6 is 47.1 Å². The van der Waals surface area contributed by atoms with Gasteiger partial charge in [0.2, 0.25) is 0 Å². The molecule has 148 valence electrons. The fraction of sp³-hybridized carbons (Fsp3) is 0. The maximum Gasteiger partial charge on any atom is 0.324 e. The number of thiophene rings is 2. The van der Waals surface area contributed by atoms with Gasteiger partial charge < -0.3 is 11.5 Å². The van der Waals surface area contributed by atoms with Crippen molar-refractivity contribution in [3.8, 4) is 0 Å². The third-order valence-electron chi connectivity index (χ3n) is 2.34. The Bertz CT molecular complexity index is 848. The Morgan fingerprint density at radius 1 is 1.04 bits per heavy atom. The molecule has 12 nitrogen and oxygen atoms in total. The summed E-state index contributed by atoms with van der Waals surface area (Å²) < 4.78 is 0. The zero-order valence-electron chi connectivity index (χ0n) is 13.7. The van der Waals surface area contributed by atoms with Crippen LogP contribution < -0.4 is 22.3 Å². The molecule has 0 bridgehead atoms. The Hall–Kier alpha value is -3.08. The van der Waals surface area contributed by atoms with Gasteiger partial charge in [-0.25, -0.2) is 0 Å². The average Bonchev–Trinajstić information content (AvgIpc) is 3.24. The Kier molecular flexibility index (Phi) is 9.51. The molecule has 0 aromatic carbocycles. The zero-order valence-corrected chi connectivity index (χ0v) is 16.9. The first-order chi connectivity index (χ1) is 13.2. The summed E-state index contributed by atoms with van der Waals surface area (Å²) >= 11 is 11.2. The van der Waals surface area contributed by atoms with Crippen molar-refractivity contribution in [2.75, 3.05) is 0 Å². The third kappa shape index (κ3) is 9.03. The third-order valence-corrected chi connectivity index (χ3v) is 4.35. The summed E-state index contributed by atoms with van der Waals surface area (Å²) in [7, 11) is 0. The van der Waals surface area contributed by atoms with E-state index in [0.29, 0.717) is 9.75 Å². The number of thiocarbonyl (C=S) groups is 2. The molecule has 0 aliphatic carbocycles. The van der Waals surface area contributed by atoms with Gasteiger partial charge in [0.1, 0.15) is 0 Å². The predicted molar refractivity (Wildman–Crippen MR) is 117 cm³/mol. The molecule has 0 saturated carbocycles. The first kappa shape index (κ1) is 23.0. The predicted octanol–water partition coefficient (Wildman–Crippen LogP) is 1.65. The second-order valence-electron chi connectivity index (χ2n) is 4.37. The molecule has 0 unspecified atom stereocenters. The number of nitro groups is 2. The largest absolute Gasteiger partial charge is 0.375 e. The molecule has 6 N–H and O–H groups in total. The molecule has 0 fully saturated rings. The van der Waals surface area contributed by atoms with Crippen molar-refractivity contribution >= 4 is 80.5 Å². The van der Waals surface area contributed by atoms with E-state index >= 15 is 0 Å². The zero-order chi connectivity index (χ0) is 21.1. The van der Waals surface area contributed by atoms with Crippen molar-refractivity contribution in [1.82, 2.24) is 10.9 Å². The number of nitrogens with zero attached hydrogens (tertiary/aromatic N) is 4. The van der Waals surface area contributed by atoms with Crippen molar-refractivity contribution in [3.63, 3.8) is 0 Å². The Morgan fingerprint density at radius 3 is 2.04 bits per heavy atom. The van der Waals surface area contributed by atoms with Gasteiger partial charge in [0.15, 0.2) is 10.2 Å². The van der Waals surface area contributed by atoms with Crippen LogP contribution in [0.25, 0.3) is 0 Å². The highest BCUT2D eigenvalue weighted by Gasteiger charge is 2.08. The standard InChI is InChI=1S/2C6H6N4O2S2/c7-6(13)9-8-2-5-1-4(3-14-5)10(11)12;7-6(13)9-8-3-4-1-2-5(14-4)10(11)12/h2*1-3H,(H3,7,9,13)/b8-2+;8-3+. The van der Waals surface area contributed by atoms with Crippen LogP contribution in [0.1, 0.15) is 9.75 Å². The number of hydrazone groups is 2. The molecular formula is C12H12N8O4S4. The van der Waals surface area contributed by atoms with Crippen LogP contribution in [0, 0.1) is 20.2 Å². The lowest BCUT2D eigenvalue weighted by molar-refractivity contribution is -0.384. The van der Waals surface area contributed by atoms with Crippen molar-refractivity contribution in [2.24, 2.45) is 21.7 Å². The summed E-state index contributed by atoms with van der Waals surface area (Å²) in [5, 5.41) is 29.5. The summed E-state index contributed by atoms with van der Waals surface area (Å²) in [5.74, 6) is 0. The topological polar surface area (TPSA) is 187 Å².